The zero-order valence-electron chi connectivity index (χ0n) is 5.27. The molecule has 0 nitrogen and oxygen atoms in total. The fourth-order valence-corrected chi connectivity index (χ4v) is 1.10. The minimum absolute atomic E-state index is 0.430. The molecule has 0 heterocycles. The summed E-state index contributed by atoms with van der Waals surface area (Å²) < 4.78 is 0. The molecule has 0 aliphatic carbocycles. The molecule has 0 aromatic heterocycles. The van der Waals surface area contributed by atoms with E-state index in [0.717, 1.165) is 5.56 Å². The Balaban J connectivity index is 3.14. The normalized spacial score (nSPS) is 9.80. The van der Waals surface area contributed by atoms with E-state index < -0.39 is 0 Å². The molecule has 0 spiro atoms. The van der Waals surface area contributed by atoms with Crippen LogP contribution in [-0.4, -0.2) is 7.85 Å². The predicted octanol–water partition coefficient (Wildman–Crippen LogP) is 2.66. The summed E-state index contributed by atoms with van der Waals surface area (Å²) in [5, 5.41) is 1.12. The third-order valence-corrected chi connectivity index (χ3v) is 2.11. The lowest BCUT2D eigenvalue weighted by atomic mass is 9.97. The molecule has 0 atom stereocenters. The van der Waals surface area contributed by atoms with Crippen LogP contribution in [0.2, 0.25) is 10.0 Å². The van der Waals surface area contributed by atoms with Gasteiger partial charge >= 0.3 is 0 Å². The molecular formula is C7H5BCl2. The maximum absolute atomic E-state index is 5.78. The molecule has 1 aromatic rings. The SMILES string of the molecule is [B]Cc1cccc(Cl)c1Cl. The van der Waals surface area contributed by atoms with Gasteiger partial charge in [-0.1, -0.05) is 41.7 Å². The van der Waals surface area contributed by atoms with Crippen molar-refractivity contribution >= 4 is 31.0 Å². The third-order valence-electron chi connectivity index (χ3n) is 1.25. The highest BCUT2D eigenvalue weighted by molar-refractivity contribution is 6.42. The van der Waals surface area contributed by atoms with Crippen LogP contribution in [0.4, 0.5) is 0 Å². The summed E-state index contributed by atoms with van der Waals surface area (Å²) >= 11 is 11.5. The van der Waals surface area contributed by atoms with E-state index in [0.29, 0.717) is 16.4 Å². The van der Waals surface area contributed by atoms with Gasteiger partial charge in [0.15, 0.2) is 0 Å². The highest BCUT2D eigenvalue weighted by atomic mass is 35.5. The second-order valence-corrected chi connectivity index (χ2v) is 2.70. The van der Waals surface area contributed by atoms with E-state index in [1.54, 1.807) is 6.07 Å². The maximum atomic E-state index is 5.78. The maximum Gasteiger partial charge on any atom is 0.0717 e. The third kappa shape index (κ3) is 1.47. The molecule has 0 amide bonds. The summed E-state index contributed by atoms with van der Waals surface area (Å²) in [6, 6.07) is 5.42. The average molecular weight is 171 g/mol. The number of hydrogen-bond donors (Lipinski definition) is 0. The molecule has 3 heteroatoms. The van der Waals surface area contributed by atoms with Crippen LogP contribution in [-0.2, 0) is 6.32 Å². The Kier molecular flexibility index (Phi) is 2.64. The highest BCUT2D eigenvalue weighted by Gasteiger charge is 1.99. The first-order valence-corrected chi connectivity index (χ1v) is 3.64. The molecule has 0 saturated carbocycles. The summed E-state index contributed by atoms with van der Waals surface area (Å²) in [6.45, 7) is 0. The topological polar surface area (TPSA) is 0 Å². The largest absolute Gasteiger partial charge is 0.0827 e. The molecule has 0 saturated heterocycles. The Hall–Kier alpha value is -0.135. The molecule has 1 aromatic carbocycles. The number of benzene rings is 1. The van der Waals surface area contributed by atoms with Crippen LogP contribution in [0.3, 0.4) is 0 Å². The standard InChI is InChI=1S/C7H5BCl2/c8-4-5-2-1-3-6(9)7(5)10/h1-3H,4H2. The van der Waals surface area contributed by atoms with Crippen LogP contribution >= 0.6 is 23.2 Å². The van der Waals surface area contributed by atoms with Gasteiger partial charge < -0.3 is 0 Å². The van der Waals surface area contributed by atoms with E-state index in [-0.39, 0.29) is 0 Å². The van der Waals surface area contributed by atoms with Gasteiger partial charge in [0.05, 0.1) is 17.9 Å². The van der Waals surface area contributed by atoms with Crippen LogP contribution in [0, 0.1) is 0 Å². The van der Waals surface area contributed by atoms with Gasteiger partial charge in [-0.25, -0.2) is 0 Å². The minimum atomic E-state index is 0.430. The quantitative estimate of drug-likeness (QED) is 0.569. The first-order valence-electron chi connectivity index (χ1n) is 2.88. The van der Waals surface area contributed by atoms with Crippen molar-refractivity contribution in [3.63, 3.8) is 0 Å². The zero-order valence-corrected chi connectivity index (χ0v) is 6.78. The van der Waals surface area contributed by atoms with Gasteiger partial charge in [0, 0.05) is 0 Å². The molecular weight excluding hydrogens is 166 g/mol. The molecule has 0 unspecified atom stereocenters. The second-order valence-electron chi connectivity index (χ2n) is 1.92. The van der Waals surface area contributed by atoms with Crippen molar-refractivity contribution in [2.75, 3.05) is 0 Å². The molecule has 10 heavy (non-hydrogen) atoms. The summed E-state index contributed by atoms with van der Waals surface area (Å²) in [5.41, 5.74) is 0.883. The highest BCUT2D eigenvalue weighted by Crippen LogP contribution is 2.24. The Labute approximate surface area is 71.6 Å². The van der Waals surface area contributed by atoms with Gasteiger partial charge in [-0.15, -0.1) is 0 Å². The molecule has 2 radical (unpaired) electrons. The molecule has 0 N–H and O–H groups in total. The van der Waals surface area contributed by atoms with Gasteiger partial charge in [-0.2, -0.15) is 0 Å². The Morgan fingerprint density at radius 3 is 2.50 bits per heavy atom. The minimum Gasteiger partial charge on any atom is -0.0827 e. The summed E-state index contributed by atoms with van der Waals surface area (Å²) in [5.74, 6) is 0. The Morgan fingerprint density at radius 1 is 1.30 bits per heavy atom. The van der Waals surface area contributed by atoms with E-state index >= 15 is 0 Å². The zero-order chi connectivity index (χ0) is 7.56. The van der Waals surface area contributed by atoms with E-state index in [4.69, 9.17) is 31.0 Å². The van der Waals surface area contributed by atoms with E-state index in [9.17, 15) is 0 Å². The van der Waals surface area contributed by atoms with E-state index in [1.165, 1.54) is 0 Å². The Bertz CT molecular complexity index is 235. The lowest BCUT2D eigenvalue weighted by molar-refractivity contribution is 1.40. The van der Waals surface area contributed by atoms with Crippen molar-refractivity contribution in [3.8, 4) is 0 Å². The van der Waals surface area contributed by atoms with E-state index in [1.807, 2.05) is 12.1 Å². The van der Waals surface area contributed by atoms with Gasteiger partial charge in [-0.05, 0) is 11.6 Å². The molecule has 1 rings (SSSR count). The summed E-state index contributed by atoms with van der Waals surface area (Å²) in [4.78, 5) is 0. The van der Waals surface area contributed by atoms with Crippen molar-refractivity contribution in [2.24, 2.45) is 0 Å². The number of halogens is 2. The van der Waals surface area contributed by atoms with Crippen LogP contribution in [0.25, 0.3) is 0 Å². The van der Waals surface area contributed by atoms with Gasteiger partial charge in [0.25, 0.3) is 0 Å². The van der Waals surface area contributed by atoms with Crippen molar-refractivity contribution in [2.45, 2.75) is 6.32 Å². The van der Waals surface area contributed by atoms with E-state index in [2.05, 4.69) is 0 Å². The predicted molar refractivity (Wildman–Crippen MR) is 45.9 cm³/mol. The molecule has 0 bridgehead atoms. The molecule has 0 aliphatic heterocycles. The molecule has 50 valence electrons. The number of rotatable bonds is 1. The van der Waals surface area contributed by atoms with Crippen molar-refractivity contribution in [1.82, 2.24) is 0 Å². The second kappa shape index (κ2) is 3.31. The lowest BCUT2D eigenvalue weighted by Crippen LogP contribution is -1.84. The van der Waals surface area contributed by atoms with Crippen molar-refractivity contribution in [1.29, 1.82) is 0 Å². The molecule has 0 aliphatic rings. The first-order chi connectivity index (χ1) is 4.75. The fourth-order valence-electron chi connectivity index (χ4n) is 0.706. The fraction of sp³-hybridized carbons (Fsp3) is 0.143. The monoisotopic (exact) mass is 170 g/mol. The van der Waals surface area contributed by atoms with Crippen LogP contribution in [0.1, 0.15) is 5.56 Å². The van der Waals surface area contributed by atoms with Crippen molar-refractivity contribution in [3.05, 3.63) is 33.8 Å². The Morgan fingerprint density at radius 2 is 2.00 bits per heavy atom. The van der Waals surface area contributed by atoms with Crippen molar-refractivity contribution < 1.29 is 0 Å². The van der Waals surface area contributed by atoms with Gasteiger partial charge in [0.2, 0.25) is 0 Å². The average Bonchev–Trinajstić information content (AvgIpc) is 1.95. The molecule has 0 fully saturated rings. The van der Waals surface area contributed by atoms with Crippen LogP contribution in [0.15, 0.2) is 18.2 Å². The van der Waals surface area contributed by atoms with Gasteiger partial charge in [-0.3, -0.25) is 0 Å². The first kappa shape index (κ1) is 7.97. The van der Waals surface area contributed by atoms with Gasteiger partial charge in [0.1, 0.15) is 0 Å². The summed E-state index contributed by atoms with van der Waals surface area (Å²) in [6.07, 6.45) is 0.430. The van der Waals surface area contributed by atoms with Crippen LogP contribution < -0.4 is 0 Å². The smallest absolute Gasteiger partial charge is 0.0717 e. The lowest BCUT2D eigenvalue weighted by Gasteiger charge is -2.00. The van der Waals surface area contributed by atoms with Crippen LogP contribution in [0.5, 0.6) is 0 Å². The summed E-state index contributed by atoms with van der Waals surface area (Å²) in [7, 11) is 5.38. The number of hydrogen-bond acceptors (Lipinski definition) is 0.